The Labute approximate surface area is 183 Å². The Morgan fingerprint density at radius 1 is 1.22 bits per heavy atom. The van der Waals surface area contributed by atoms with Crippen LogP contribution in [-0.2, 0) is 17.5 Å². The van der Waals surface area contributed by atoms with E-state index in [4.69, 9.17) is 4.74 Å². The summed E-state index contributed by atoms with van der Waals surface area (Å²) in [6, 6.07) is 8.31. The number of carbonyl (C=O) groups excluding carboxylic acids is 2. The molecule has 2 aromatic rings. The standard InChI is InChI=1S/C23H22F3N3O3/c1-22(2)11-14(17-7-5-15(23(24,25)26)9-19(17)32-22)8-20(30)28-16-6-4-13-12-27-21(31)29(3)18(13)10-16/h4-10H,11-12H2,1-3H3,(H,27,31)(H,28,30)/b14-8+. The molecule has 0 aromatic heterocycles. The van der Waals surface area contributed by atoms with Gasteiger partial charge >= 0.3 is 12.2 Å². The van der Waals surface area contributed by atoms with Crippen LogP contribution in [0.15, 0.2) is 42.5 Å². The number of ether oxygens (including phenoxy) is 1. The number of nitrogens with one attached hydrogen (secondary N) is 2. The van der Waals surface area contributed by atoms with Crippen molar-refractivity contribution in [3.63, 3.8) is 0 Å². The number of rotatable bonds is 2. The molecule has 2 heterocycles. The van der Waals surface area contributed by atoms with Crippen molar-refractivity contribution < 1.29 is 27.5 Å². The van der Waals surface area contributed by atoms with Crippen LogP contribution in [0.4, 0.5) is 29.3 Å². The topological polar surface area (TPSA) is 70.7 Å². The first kappa shape index (κ1) is 21.7. The second-order valence-electron chi connectivity index (χ2n) is 8.47. The van der Waals surface area contributed by atoms with E-state index in [0.29, 0.717) is 35.5 Å². The summed E-state index contributed by atoms with van der Waals surface area (Å²) < 4.78 is 45.1. The Bertz CT molecular complexity index is 1140. The van der Waals surface area contributed by atoms with E-state index < -0.39 is 23.2 Å². The van der Waals surface area contributed by atoms with Crippen LogP contribution in [0.3, 0.4) is 0 Å². The van der Waals surface area contributed by atoms with Gasteiger partial charge < -0.3 is 15.4 Å². The Kier molecular flexibility index (Phi) is 5.15. The van der Waals surface area contributed by atoms with Crippen LogP contribution < -0.4 is 20.3 Å². The fourth-order valence-electron chi connectivity index (χ4n) is 3.90. The minimum Gasteiger partial charge on any atom is -0.487 e. The lowest BCUT2D eigenvalue weighted by molar-refractivity contribution is -0.137. The van der Waals surface area contributed by atoms with Crippen LogP contribution in [0.5, 0.6) is 5.75 Å². The van der Waals surface area contributed by atoms with Gasteiger partial charge in [0.2, 0.25) is 5.91 Å². The Balaban J connectivity index is 1.62. The van der Waals surface area contributed by atoms with Gasteiger partial charge in [-0.25, -0.2) is 4.79 Å². The summed E-state index contributed by atoms with van der Waals surface area (Å²) in [5.74, 6) is -0.331. The predicted molar refractivity (Wildman–Crippen MR) is 114 cm³/mol. The minimum absolute atomic E-state index is 0.0940. The largest absolute Gasteiger partial charge is 0.487 e. The second-order valence-corrected chi connectivity index (χ2v) is 8.47. The monoisotopic (exact) mass is 445 g/mol. The summed E-state index contributed by atoms with van der Waals surface area (Å²) in [4.78, 5) is 26.1. The van der Waals surface area contributed by atoms with Crippen LogP contribution in [0.25, 0.3) is 5.57 Å². The molecule has 4 rings (SSSR count). The summed E-state index contributed by atoms with van der Waals surface area (Å²) in [7, 11) is 1.64. The molecule has 0 spiro atoms. The molecular formula is C23H22F3N3O3. The third kappa shape index (κ3) is 4.28. The van der Waals surface area contributed by atoms with Crippen LogP contribution in [0.2, 0.25) is 0 Å². The lowest BCUT2D eigenvalue weighted by atomic mass is 9.88. The van der Waals surface area contributed by atoms with E-state index in [1.54, 1.807) is 33.0 Å². The molecule has 0 bridgehead atoms. The number of alkyl halides is 3. The molecule has 2 N–H and O–H groups in total. The van der Waals surface area contributed by atoms with Gasteiger partial charge in [-0.15, -0.1) is 0 Å². The summed E-state index contributed by atoms with van der Waals surface area (Å²) in [6.45, 7) is 3.92. The molecule has 6 nitrogen and oxygen atoms in total. The molecule has 0 fully saturated rings. The minimum atomic E-state index is -4.49. The summed E-state index contributed by atoms with van der Waals surface area (Å²) in [5, 5.41) is 5.51. The van der Waals surface area contributed by atoms with E-state index >= 15 is 0 Å². The molecule has 2 aliphatic rings. The van der Waals surface area contributed by atoms with E-state index in [0.717, 1.165) is 17.7 Å². The maximum absolute atomic E-state index is 13.1. The summed E-state index contributed by atoms with van der Waals surface area (Å²) in [6.07, 6.45) is -2.75. The molecule has 0 aliphatic carbocycles. The van der Waals surface area contributed by atoms with Gasteiger partial charge in [-0.1, -0.05) is 12.1 Å². The molecule has 2 aromatic carbocycles. The van der Waals surface area contributed by atoms with Crippen molar-refractivity contribution in [2.75, 3.05) is 17.3 Å². The first-order chi connectivity index (χ1) is 14.9. The van der Waals surface area contributed by atoms with Gasteiger partial charge in [0, 0.05) is 37.3 Å². The van der Waals surface area contributed by atoms with Crippen molar-refractivity contribution in [2.24, 2.45) is 0 Å². The van der Waals surface area contributed by atoms with Gasteiger partial charge in [0.1, 0.15) is 11.4 Å². The number of amides is 3. The molecule has 0 unspecified atom stereocenters. The molecule has 2 aliphatic heterocycles. The number of nitrogens with zero attached hydrogens (tertiary/aromatic N) is 1. The van der Waals surface area contributed by atoms with Gasteiger partial charge in [-0.2, -0.15) is 13.2 Å². The number of urea groups is 1. The highest BCUT2D eigenvalue weighted by Gasteiger charge is 2.35. The van der Waals surface area contributed by atoms with Crippen molar-refractivity contribution in [2.45, 2.75) is 38.6 Å². The third-order valence-electron chi connectivity index (χ3n) is 5.41. The average molecular weight is 445 g/mol. The number of carbonyl (C=O) groups is 2. The van der Waals surface area contributed by atoms with Gasteiger partial charge in [0.25, 0.3) is 0 Å². The molecule has 3 amide bonds. The first-order valence-electron chi connectivity index (χ1n) is 10.00. The Morgan fingerprint density at radius 3 is 2.69 bits per heavy atom. The normalized spacial score (nSPS) is 18.4. The zero-order chi connectivity index (χ0) is 23.3. The molecule has 32 heavy (non-hydrogen) atoms. The van der Waals surface area contributed by atoms with Gasteiger partial charge in [-0.05, 0) is 49.2 Å². The van der Waals surface area contributed by atoms with Crippen molar-refractivity contribution in [1.82, 2.24) is 5.32 Å². The third-order valence-corrected chi connectivity index (χ3v) is 5.41. The lowest BCUT2D eigenvalue weighted by Gasteiger charge is -2.34. The molecule has 0 saturated carbocycles. The number of benzene rings is 2. The van der Waals surface area contributed by atoms with Crippen molar-refractivity contribution in [3.05, 3.63) is 59.2 Å². The quantitative estimate of drug-likeness (QED) is 0.643. The Hall–Kier alpha value is -3.49. The van der Waals surface area contributed by atoms with Crippen molar-refractivity contribution in [1.29, 1.82) is 0 Å². The lowest BCUT2D eigenvalue weighted by Crippen LogP contribution is -2.41. The van der Waals surface area contributed by atoms with Gasteiger partial charge in [0.15, 0.2) is 0 Å². The highest BCUT2D eigenvalue weighted by atomic mass is 19.4. The maximum Gasteiger partial charge on any atom is 0.416 e. The van der Waals surface area contributed by atoms with Crippen LogP contribution >= 0.6 is 0 Å². The Morgan fingerprint density at radius 2 is 1.97 bits per heavy atom. The van der Waals surface area contributed by atoms with E-state index in [1.165, 1.54) is 17.0 Å². The molecule has 0 saturated heterocycles. The molecule has 168 valence electrons. The van der Waals surface area contributed by atoms with Crippen molar-refractivity contribution in [3.8, 4) is 5.75 Å². The molecule has 0 atom stereocenters. The fourth-order valence-corrected chi connectivity index (χ4v) is 3.90. The molecule has 0 radical (unpaired) electrons. The van der Waals surface area contributed by atoms with Crippen LogP contribution in [-0.4, -0.2) is 24.6 Å². The molecular weight excluding hydrogens is 423 g/mol. The fraction of sp³-hybridized carbons (Fsp3) is 0.304. The molecule has 9 heteroatoms. The first-order valence-corrected chi connectivity index (χ1v) is 10.00. The highest BCUT2D eigenvalue weighted by Crippen LogP contribution is 2.43. The zero-order valence-electron chi connectivity index (χ0n) is 17.8. The maximum atomic E-state index is 13.1. The zero-order valence-corrected chi connectivity index (χ0v) is 17.8. The number of anilines is 2. The van der Waals surface area contributed by atoms with E-state index in [-0.39, 0.29) is 11.8 Å². The second kappa shape index (κ2) is 7.58. The number of hydrogen-bond donors (Lipinski definition) is 2. The number of fused-ring (bicyclic) bond motifs is 2. The number of halogens is 3. The predicted octanol–water partition coefficient (Wildman–Crippen LogP) is 4.95. The summed E-state index contributed by atoms with van der Waals surface area (Å²) >= 11 is 0. The van der Waals surface area contributed by atoms with Gasteiger partial charge in [-0.3, -0.25) is 9.69 Å². The summed E-state index contributed by atoms with van der Waals surface area (Å²) in [5.41, 5.74) is 1.57. The van der Waals surface area contributed by atoms with Crippen molar-refractivity contribution >= 4 is 28.9 Å². The average Bonchev–Trinajstić information content (AvgIpc) is 2.69. The van der Waals surface area contributed by atoms with Crippen LogP contribution in [0.1, 0.15) is 37.0 Å². The number of hydrogen-bond acceptors (Lipinski definition) is 3. The van der Waals surface area contributed by atoms with Crippen LogP contribution in [0, 0.1) is 0 Å². The van der Waals surface area contributed by atoms with E-state index in [2.05, 4.69) is 10.6 Å². The SMILES string of the molecule is CN1C(=O)NCc2ccc(NC(=O)/C=C3\CC(C)(C)Oc4cc(C(F)(F)F)ccc43)cc21. The van der Waals surface area contributed by atoms with E-state index in [9.17, 15) is 22.8 Å². The van der Waals surface area contributed by atoms with Gasteiger partial charge in [0.05, 0.1) is 11.3 Å². The van der Waals surface area contributed by atoms with E-state index in [1.807, 2.05) is 6.07 Å². The smallest absolute Gasteiger partial charge is 0.416 e. The highest BCUT2D eigenvalue weighted by molar-refractivity contribution is 6.05.